The third-order valence-corrected chi connectivity index (χ3v) is 4.35. The van der Waals surface area contributed by atoms with Crippen LogP contribution in [0.1, 0.15) is 13.8 Å². The lowest BCUT2D eigenvalue weighted by atomic mass is 10.2. The van der Waals surface area contributed by atoms with Crippen molar-refractivity contribution in [2.75, 3.05) is 31.5 Å². The number of anilines is 1. The van der Waals surface area contributed by atoms with Crippen molar-refractivity contribution in [3.05, 3.63) is 23.2 Å². The molecular weight excluding hydrogens is 294 g/mol. The maximum absolute atomic E-state index is 10.0. The highest BCUT2D eigenvalue weighted by atomic mass is 35.5. The van der Waals surface area contributed by atoms with Gasteiger partial charge in [0.15, 0.2) is 0 Å². The number of hydrogen-bond donors (Lipinski definition) is 2. The lowest BCUT2D eigenvalue weighted by Gasteiger charge is -2.21. The van der Waals surface area contributed by atoms with E-state index in [9.17, 15) is 5.11 Å². The first-order valence-corrected chi connectivity index (χ1v) is 7.98. The van der Waals surface area contributed by atoms with E-state index in [1.54, 1.807) is 0 Å². The van der Waals surface area contributed by atoms with Gasteiger partial charge in [0.2, 0.25) is 0 Å². The predicted octanol–water partition coefficient (Wildman–Crippen LogP) is 3.06. The molecule has 1 heterocycles. The van der Waals surface area contributed by atoms with Crippen LogP contribution in [0, 0.1) is 0 Å². The number of aromatic nitrogens is 1. The van der Waals surface area contributed by atoms with Crippen LogP contribution in [0.25, 0.3) is 10.1 Å². The summed E-state index contributed by atoms with van der Waals surface area (Å²) in [5.74, 6) is 0.820. The number of benzene rings is 1. The van der Waals surface area contributed by atoms with Crippen LogP contribution in [0.4, 0.5) is 5.82 Å². The minimum absolute atomic E-state index is 0.404. The highest BCUT2D eigenvalue weighted by Crippen LogP contribution is 2.29. The zero-order valence-corrected chi connectivity index (χ0v) is 13.3. The van der Waals surface area contributed by atoms with Crippen molar-refractivity contribution in [3.8, 4) is 0 Å². The van der Waals surface area contributed by atoms with Gasteiger partial charge >= 0.3 is 0 Å². The molecule has 4 nitrogen and oxygen atoms in total. The maximum Gasteiger partial charge on any atom is 0.147 e. The number of halogens is 1. The van der Waals surface area contributed by atoms with Crippen molar-refractivity contribution >= 4 is 39.0 Å². The highest BCUT2D eigenvalue weighted by molar-refractivity contribution is 7.13. The van der Waals surface area contributed by atoms with Crippen LogP contribution in [0.15, 0.2) is 18.2 Å². The van der Waals surface area contributed by atoms with Crippen LogP contribution < -0.4 is 5.32 Å². The molecule has 0 spiro atoms. The average Bonchev–Trinajstić information content (AvgIpc) is 2.84. The van der Waals surface area contributed by atoms with E-state index in [-0.39, 0.29) is 0 Å². The first-order valence-electron chi connectivity index (χ1n) is 6.83. The molecule has 0 aliphatic heterocycles. The maximum atomic E-state index is 10.0. The van der Waals surface area contributed by atoms with Gasteiger partial charge in [0, 0.05) is 23.5 Å². The molecule has 0 amide bonds. The van der Waals surface area contributed by atoms with Gasteiger partial charge in [0.05, 0.1) is 10.8 Å². The molecule has 1 aromatic carbocycles. The standard InChI is InChI=1S/C14H20ClN3OS/c1-3-18(4-2)9-11(19)8-16-14-12-6-5-10(15)7-13(12)20-17-14/h5-7,11,19H,3-4,8-9H2,1-2H3,(H,16,17). The lowest BCUT2D eigenvalue weighted by Crippen LogP contribution is -2.35. The Bertz CT molecular complexity index is 556. The van der Waals surface area contributed by atoms with Gasteiger partial charge in [-0.2, -0.15) is 4.37 Å². The number of hydrogen-bond acceptors (Lipinski definition) is 5. The Kier molecular flexibility index (Phi) is 5.60. The number of aliphatic hydroxyl groups excluding tert-OH is 1. The molecule has 1 atom stereocenters. The van der Waals surface area contributed by atoms with Crippen molar-refractivity contribution in [2.24, 2.45) is 0 Å². The predicted molar refractivity (Wildman–Crippen MR) is 86.9 cm³/mol. The van der Waals surface area contributed by atoms with E-state index in [0.717, 1.165) is 29.0 Å². The third-order valence-electron chi connectivity index (χ3n) is 3.30. The molecule has 2 N–H and O–H groups in total. The molecule has 0 bridgehead atoms. The fraction of sp³-hybridized carbons (Fsp3) is 0.500. The van der Waals surface area contributed by atoms with E-state index in [1.807, 2.05) is 18.2 Å². The Hall–Kier alpha value is -0.880. The van der Waals surface area contributed by atoms with Crippen LogP contribution >= 0.6 is 23.1 Å². The highest BCUT2D eigenvalue weighted by Gasteiger charge is 2.11. The van der Waals surface area contributed by atoms with Crippen molar-refractivity contribution in [2.45, 2.75) is 20.0 Å². The Morgan fingerprint density at radius 3 is 2.85 bits per heavy atom. The molecule has 20 heavy (non-hydrogen) atoms. The smallest absolute Gasteiger partial charge is 0.147 e. The molecule has 0 aliphatic carbocycles. The SMILES string of the molecule is CCN(CC)CC(O)CNc1nsc2cc(Cl)ccc12. The van der Waals surface area contributed by atoms with E-state index in [1.165, 1.54) is 11.5 Å². The third kappa shape index (κ3) is 3.82. The van der Waals surface area contributed by atoms with Crippen LogP contribution in [0.5, 0.6) is 0 Å². The molecule has 1 unspecified atom stereocenters. The molecule has 2 rings (SSSR count). The molecule has 0 aliphatic rings. The van der Waals surface area contributed by atoms with Gasteiger partial charge in [-0.05, 0) is 42.8 Å². The number of rotatable bonds is 7. The molecule has 110 valence electrons. The number of fused-ring (bicyclic) bond motifs is 1. The summed E-state index contributed by atoms with van der Waals surface area (Å²) < 4.78 is 5.43. The monoisotopic (exact) mass is 313 g/mol. The zero-order chi connectivity index (χ0) is 14.5. The van der Waals surface area contributed by atoms with Crippen molar-refractivity contribution in [3.63, 3.8) is 0 Å². The first kappa shape index (κ1) is 15.5. The van der Waals surface area contributed by atoms with Crippen LogP contribution in [0.3, 0.4) is 0 Å². The Morgan fingerprint density at radius 1 is 1.40 bits per heavy atom. The Balaban J connectivity index is 1.95. The van der Waals surface area contributed by atoms with Crippen molar-refractivity contribution in [1.82, 2.24) is 9.27 Å². The van der Waals surface area contributed by atoms with Gasteiger partial charge in [0.25, 0.3) is 0 Å². The van der Waals surface area contributed by atoms with E-state index >= 15 is 0 Å². The number of nitrogens with one attached hydrogen (secondary N) is 1. The van der Waals surface area contributed by atoms with E-state index in [0.29, 0.717) is 18.1 Å². The summed E-state index contributed by atoms with van der Waals surface area (Å²) in [7, 11) is 0. The summed E-state index contributed by atoms with van der Waals surface area (Å²) in [4.78, 5) is 2.20. The van der Waals surface area contributed by atoms with Gasteiger partial charge in [-0.3, -0.25) is 0 Å². The molecule has 2 aromatic rings. The molecule has 0 radical (unpaired) electrons. The molecule has 0 saturated carbocycles. The molecule has 1 aromatic heterocycles. The Morgan fingerprint density at radius 2 is 2.15 bits per heavy atom. The van der Waals surface area contributed by atoms with Crippen LogP contribution in [-0.4, -0.2) is 46.7 Å². The summed E-state index contributed by atoms with van der Waals surface area (Å²) >= 11 is 7.37. The first-order chi connectivity index (χ1) is 9.63. The fourth-order valence-corrected chi connectivity index (χ4v) is 3.13. The minimum atomic E-state index is -0.404. The number of nitrogens with zero attached hydrogens (tertiary/aromatic N) is 2. The second-order valence-electron chi connectivity index (χ2n) is 4.69. The second kappa shape index (κ2) is 7.22. The van der Waals surface area contributed by atoms with E-state index in [2.05, 4.69) is 28.4 Å². The quantitative estimate of drug-likeness (QED) is 0.825. The average molecular weight is 314 g/mol. The Labute approximate surface area is 128 Å². The molecular formula is C14H20ClN3OS. The van der Waals surface area contributed by atoms with E-state index in [4.69, 9.17) is 11.6 Å². The number of likely N-dealkylation sites (N-methyl/N-ethyl adjacent to an activating group) is 1. The summed E-state index contributed by atoms with van der Waals surface area (Å²) in [6, 6.07) is 5.72. The minimum Gasteiger partial charge on any atom is -0.390 e. The van der Waals surface area contributed by atoms with Crippen molar-refractivity contribution < 1.29 is 5.11 Å². The van der Waals surface area contributed by atoms with Gasteiger partial charge in [-0.15, -0.1) is 0 Å². The summed E-state index contributed by atoms with van der Waals surface area (Å²) in [6.07, 6.45) is -0.404. The summed E-state index contributed by atoms with van der Waals surface area (Å²) in [5, 5.41) is 15.0. The summed E-state index contributed by atoms with van der Waals surface area (Å²) in [5.41, 5.74) is 0. The second-order valence-corrected chi connectivity index (χ2v) is 5.93. The van der Waals surface area contributed by atoms with Crippen molar-refractivity contribution in [1.29, 1.82) is 0 Å². The van der Waals surface area contributed by atoms with E-state index < -0.39 is 6.10 Å². The van der Waals surface area contributed by atoms with Gasteiger partial charge in [0.1, 0.15) is 5.82 Å². The van der Waals surface area contributed by atoms with Gasteiger partial charge in [-0.25, -0.2) is 0 Å². The normalized spacial score (nSPS) is 13.1. The zero-order valence-electron chi connectivity index (χ0n) is 11.8. The van der Waals surface area contributed by atoms with Crippen LogP contribution in [-0.2, 0) is 0 Å². The topological polar surface area (TPSA) is 48.4 Å². The molecule has 6 heteroatoms. The fourth-order valence-electron chi connectivity index (χ4n) is 2.10. The number of aliphatic hydroxyl groups is 1. The molecule has 0 fully saturated rings. The lowest BCUT2D eigenvalue weighted by molar-refractivity contribution is 0.128. The van der Waals surface area contributed by atoms with Gasteiger partial charge < -0.3 is 15.3 Å². The van der Waals surface area contributed by atoms with Gasteiger partial charge in [-0.1, -0.05) is 25.4 Å². The summed E-state index contributed by atoms with van der Waals surface area (Å²) in [6.45, 7) is 7.27. The molecule has 0 saturated heterocycles. The largest absolute Gasteiger partial charge is 0.390 e. The van der Waals surface area contributed by atoms with Crippen LogP contribution in [0.2, 0.25) is 5.02 Å².